The number of carbonyl (C=O) groups excluding carboxylic acids is 2. The van der Waals surface area contributed by atoms with Gasteiger partial charge in [-0.05, 0) is 54.1 Å². The molecular weight excluding hydrogens is 472 g/mol. The van der Waals surface area contributed by atoms with E-state index in [-0.39, 0.29) is 12.5 Å². The lowest BCUT2D eigenvalue weighted by Gasteiger charge is -2.19. The monoisotopic (exact) mass is 489 g/mol. The molecule has 0 aliphatic heterocycles. The number of carbonyl (C=O) groups is 1. The molecule has 4 rings (SSSR count). The van der Waals surface area contributed by atoms with Crippen molar-refractivity contribution in [2.75, 3.05) is 17.2 Å². The van der Waals surface area contributed by atoms with Crippen molar-refractivity contribution < 1.29 is 14.7 Å². The van der Waals surface area contributed by atoms with E-state index in [1.54, 1.807) is 60.7 Å². The quantitative estimate of drug-likeness (QED) is 0.358. The molecule has 1 atom stereocenters. The van der Waals surface area contributed by atoms with Crippen LogP contribution >= 0.6 is 15.9 Å². The van der Waals surface area contributed by atoms with Gasteiger partial charge in [-0.2, -0.15) is 0 Å². The first-order chi connectivity index (χ1) is 15.6. The van der Waals surface area contributed by atoms with Gasteiger partial charge in [0.25, 0.3) is 5.91 Å². The van der Waals surface area contributed by atoms with E-state index < -0.39 is 6.04 Å². The van der Waals surface area contributed by atoms with Crippen molar-refractivity contribution >= 4 is 50.5 Å². The van der Waals surface area contributed by atoms with E-state index in [0.717, 1.165) is 10.0 Å². The van der Waals surface area contributed by atoms with Gasteiger partial charge in [-0.3, -0.25) is 9.59 Å². The van der Waals surface area contributed by atoms with E-state index in [0.29, 0.717) is 33.5 Å². The Morgan fingerprint density at radius 1 is 1.06 bits per heavy atom. The molecule has 3 aromatic carbocycles. The second-order valence-corrected chi connectivity index (χ2v) is 7.91. The van der Waals surface area contributed by atoms with Gasteiger partial charge in [0.05, 0.1) is 23.7 Å². The molecule has 0 aliphatic carbocycles. The molecule has 0 saturated heterocycles. The lowest BCUT2D eigenvalue weighted by molar-refractivity contribution is 0.102. The molecule has 3 N–H and O–H groups in total. The number of aliphatic hydroxyl groups is 1. The van der Waals surface area contributed by atoms with E-state index in [1.165, 1.54) is 6.33 Å². The Hall–Kier alpha value is -3.62. The Morgan fingerprint density at radius 3 is 2.59 bits per heavy atom. The number of hydrogen-bond donors (Lipinski definition) is 3. The Balaban J connectivity index is 1.58. The van der Waals surface area contributed by atoms with Gasteiger partial charge in [-0.1, -0.05) is 34.1 Å². The molecular formula is C24H18BrN4O3. The van der Waals surface area contributed by atoms with Crippen LogP contribution in [0.25, 0.3) is 10.9 Å². The molecule has 1 aromatic heterocycles. The molecule has 7 nitrogen and oxygen atoms in total. The van der Waals surface area contributed by atoms with Crippen LogP contribution in [-0.4, -0.2) is 33.9 Å². The number of anilines is 2. The number of benzene rings is 3. The van der Waals surface area contributed by atoms with Crippen molar-refractivity contribution in [1.82, 2.24) is 9.97 Å². The molecule has 4 aromatic rings. The van der Waals surface area contributed by atoms with Crippen molar-refractivity contribution in [2.45, 2.75) is 6.04 Å². The van der Waals surface area contributed by atoms with E-state index in [2.05, 4.69) is 36.5 Å². The highest BCUT2D eigenvalue weighted by Gasteiger charge is 2.15. The molecule has 0 aliphatic rings. The zero-order valence-corrected chi connectivity index (χ0v) is 18.3. The number of nitrogens with one attached hydrogen (secondary N) is 2. The van der Waals surface area contributed by atoms with Crippen molar-refractivity contribution in [2.24, 2.45) is 0 Å². The van der Waals surface area contributed by atoms with Crippen LogP contribution < -0.4 is 10.6 Å². The Labute approximate surface area is 192 Å². The Morgan fingerprint density at radius 2 is 1.84 bits per heavy atom. The number of nitrogens with zero attached hydrogens (tertiary/aromatic N) is 2. The normalized spacial score (nSPS) is 11.7. The number of para-hydroxylation sites is 1. The van der Waals surface area contributed by atoms with E-state index in [9.17, 15) is 14.7 Å². The van der Waals surface area contributed by atoms with Crippen LogP contribution in [0.5, 0.6) is 0 Å². The smallest absolute Gasteiger partial charge is 0.255 e. The largest absolute Gasteiger partial charge is 0.394 e. The summed E-state index contributed by atoms with van der Waals surface area (Å²) >= 11 is 3.35. The van der Waals surface area contributed by atoms with Crippen LogP contribution in [0.3, 0.4) is 0 Å². The van der Waals surface area contributed by atoms with Crippen molar-refractivity contribution in [3.05, 3.63) is 94.2 Å². The maximum absolute atomic E-state index is 12.5. The fourth-order valence-corrected chi connectivity index (χ4v) is 3.59. The van der Waals surface area contributed by atoms with Crippen LogP contribution in [0.1, 0.15) is 27.5 Å². The highest BCUT2D eigenvalue weighted by Crippen LogP contribution is 2.26. The summed E-state index contributed by atoms with van der Waals surface area (Å²) in [6, 6.07) is 18.9. The average Bonchev–Trinajstić information content (AvgIpc) is 2.82. The summed E-state index contributed by atoms with van der Waals surface area (Å²) in [5, 5.41) is 16.8. The molecule has 0 spiro atoms. The third-order valence-corrected chi connectivity index (χ3v) is 5.45. The summed E-state index contributed by atoms with van der Waals surface area (Å²) in [6.45, 7) is -0.213. The van der Waals surface area contributed by atoms with Gasteiger partial charge < -0.3 is 15.7 Å². The molecule has 0 saturated carbocycles. The summed E-state index contributed by atoms with van der Waals surface area (Å²) in [6.07, 6.45) is 3.23. The molecule has 0 fully saturated rings. The minimum Gasteiger partial charge on any atom is -0.394 e. The standard InChI is InChI=1S/C24H18BrN4O3/c25-18-9-7-15(8-10-18)24(32)28-19-5-1-3-16(11-19)21(13-31)29-23-20-6-2-4-17(12-30)22(20)26-14-27-23/h1-11,14,21,31H,13H2,(H,28,32)(H,26,27,29). The number of hydrogen-bond acceptors (Lipinski definition) is 6. The summed E-state index contributed by atoms with van der Waals surface area (Å²) in [5.74, 6) is 0.248. The number of rotatable bonds is 7. The SMILES string of the molecule is O=[C]c1cccc2c(NC(CO)c3cccc(NC(=O)c4ccc(Br)cc4)c3)ncnc12. The Kier molecular flexibility index (Phi) is 6.53. The predicted octanol–water partition coefficient (Wildman–Crippen LogP) is 4.25. The van der Waals surface area contributed by atoms with Crippen LogP contribution in [0.4, 0.5) is 11.5 Å². The number of halogens is 1. The van der Waals surface area contributed by atoms with E-state index in [1.807, 2.05) is 12.4 Å². The third kappa shape index (κ3) is 4.66. The zero-order chi connectivity index (χ0) is 22.5. The van der Waals surface area contributed by atoms with Gasteiger partial charge >= 0.3 is 0 Å². The van der Waals surface area contributed by atoms with Crippen LogP contribution in [0, 0.1) is 0 Å². The van der Waals surface area contributed by atoms with Crippen molar-refractivity contribution in [3.63, 3.8) is 0 Å². The van der Waals surface area contributed by atoms with Gasteiger partial charge in [0.2, 0.25) is 6.29 Å². The molecule has 1 heterocycles. The second kappa shape index (κ2) is 9.67. The highest BCUT2D eigenvalue weighted by molar-refractivity contribution is 9.10. The van der Waals surface area contributed by atoms with Gasteiger partial charge in [-0.25, -0.2) is 9.97 Å². The van der Waals surface area contributed by atoms with E-state index in [4.69, 9.17) is 0 Å². The van der Waals surface area contributed by atoms with Gasteiger partial charge in [-0.15, -0.1) is 0 Å². The number of aromatic nitrogens is 2. The minimum absolute atomic E-state index is 0.213. The number of fused-ring (bicyclic) bond motifs is 1. The first-order valence-corrected chi connectivity index (χ1v) is 10.5. The van der Waals surface area contributed by atoms with Crippen LogP contribution in [0.15, 0.2) is 77.5 Å². The van der Waals surface area contributed by atoms with Crippen LogP contribution in [0.2, 0.25) is 0 Å². The highest BCUT2D eigenvalue weighted by atomic mass is 79.9. The van der Waals surface area contributed by atoms with Gasteiger partial charge in [0, 0.05) is 21.1 Å². The fourth-order valence-electron chi connectivity index (χ4n) is 3.32. The fraction of sp³-hybridized carbons (Fsp3) is 0.0833. The molecule has 1 radical (unpaired) electrons. The molecule has 32 heavy (non-hydrogen) atoms. The summed E-state index contributed by atoms with van der Waals surface area (Å²) in [7, 11) is 0. The molecule has 8 heteroatoms. The summed E-state index contributed by atoms with van der Waals surface area (Å²) < 4.78 is 0.892. The minimum atomic E-state index is -0.499. The maximum atomic E-state index is 12.5. The predicted molar refractivity (Wildman–Crippen MR) is 126 cm³/mol. The first kappa shape index (κ1) is 21.6. The zero-order valence-electron chi connectivity index (χ0n) is 16.7. The summed E-state index contributed by atoms with van der Waals surface area (Å²) in [4.78, 5) is 32.2. The van der Waals surface area contributed by atoms with Gasteiger partial charge in [0.1, 0.15) is 12.1 Å². The maximum Gasteiger partial charge on any atom is 0.255 e. The topological polar surface area (TPSA) is 104 Å². The van der Waals surface area contributed by atoms with Gasteiger partial charge in [0.15, 0.2) is 0 Å². The molecule has 159 valence electrons. The number of amides is 1. The number of aliphatic hydroxyl groups excluding tert-OH is 1. The van der Waals surface area contributed by atoms with E-state index >= 15 is 0 Å². The van der Waals surface area contributed by atoms with Crippen LogP contribution in [-0.2, 0) is 4.79 Å². The van der Waals surface area contributed by atoms with Crippen molar-refractivity contribution in [1.29, 1.82) is 0 Å². The summed E-state index contributed by atoms with van der Waals surface area (Å²) in [5.41, 5.74) is 2.70. The molecule has 1 amide bonds. The lowest BCUT2D eigenvalue weighted by Crippen LogP contribution is -2.17. The van der Waals surface area contributed by atoms with Crippen molar-refractivity contribution in [3.8, 4) is 0 Å². The first-order valence-electron chi connectivity index (χ1n) is 9.75. The molecule has 0 bridgehead atoms. The Bertz CT molecular complexity index is 1280. The lowest BCUT2D eigenvalue weighted by atomic mass is 10.1. The molecule has 1 unspecified atom stereocenters. The third-order valence-electron chi connectivity index (χ3n) is 4.92. The second-order valence-electron chi connectivity index (χ2n) is 6.99. The average molecular weight is 490 g/mol.